The predicted octanol–water partition coefficient (Wildman–Crippen LogP) is 5.33. The van der Waals surface area contributed by atoms with E-state index in [9.17, 15) is 9.59 Å². The highest BCUT2D eigenvalue weighted by atomic mass is 16.5. The second-order valence-electron chi connectivity index (χ2n) is 7.93. The molecule has 1 saturated carbocycles. The lowest BCUT2D eigenvalue weighted by molar-refractivity contribution is -0.130. The van der Waals surface area contributed by atoms with Crippen LogP contribution < -0.4 is 9.47 Å². The minimum absolute atomic E-state index is 0.291. The fraction of sp³-hybridized carbons (Fsp3) is 0.333. The number of fused-ring (bicyclic) bond motifs is 6. The van der Waals surface area contributed by atoms with Gasteiger partial charge in [-0.05, 0) is 50.0 Å². The van der Waals surface area contributed by atoms with Crippen LogP contribution in [0, 0.1) is 12.8 Å². The van der Waals surface area contributed by atoms with Crippen LogP contribution in [0.1, 0.15) is 55.2 Å². The topological polar surface area (TPSA) is 52.6 Å². The molecule has 0 heterocycles. The van der Waals surface area contributed by atoms with E-state index in [1.807, 2.05) is 25.1 Å². The molecule has 28 heavy (non-hydrogen) atoms. The number of hydrogen-bond donors (Lipinski definition) is 0. The predicted molar refractivity (Wildman–Crippen MR) is 109 cm³/mol. The average molecular weight is 376 g/mol. The Balaban J connectivity index is 2.08. The zero-order valence-corrected chi connectivity index (χ0v) is 16.5. The van der Waals surface area contributed by atoms with E-state index in [0.29, 0.717) is 34.8 Å². The molecule has 4 rings (SSSR count). The Bertz CT molecular complexity index is 1050. The van der Waals surface area contributed by atoms with Gasteiger partial charge in [-0.3, -0.25) is 0 Å². The third-order valence-corrected chi connectivity index (χ3v) is 6.24. The van der Waals surface area contributed by atoms with Crippen LogP contribution in [-0.4, -0.2) is 11.9 Å². The van der Waals surface area contributed by atoms with Crippen LogP contribution in [0.15, 0.2) is 43.0 Å². The first-order chi connectivity index (χ1) is 13.3. The molecule has 0 aliphatic heterocycles. The van der Waals surface area contributed by atoms with Gasteiger partial charge >= 0.3 is 11.9 Å². The lowest BCUT2D eigenvalue weighted by Gasteiger charge is -2.24. The van der Waals surface area contributed by atoms with Gasteiger partial charge in [-0.25, -0.2) is 9.59 Å². The van der Waals surface area contributed by atoms with Gasteiger partial charge in [-0.15, -0.1) is 0 Å². The molecule has 2 aromatic carbocycles. The number of carbonyl (C=O) groups excluding carboxylic acids is 2. The third-order valence-electron chi connectivity index (χ3n) is 6.24. The number of esters is 2. The Morgan fingerprint density at radius 3 is 2.36 bits per heavy atom. The molecular formula is C24H24O4. The van der Waals surface area contributed by atoms with E-state index in [1.54, 1.807) is 6.92 Å². The molecule has 1 fully saturated rings. The summed E-state index contributed by atoms with van der Waals surface area (Å²) in [5, 5.41) is 1.61. The molecule has 0 N–H and O–H groups in total. The molecule has 2 aromatic rings. The number of aryl methyl sites for hydroxylation is 1. The fourth-order valence-electron chi connectivity index (χ4n) is 4.94. The van der Waals surface area contributed by atoms with Crippen LogP contribution in [0.25, 0.3) is 10.8 Å². The largest absolute Gasteiger partial charge is 0.422 e. The van der Waals surface area contributed by atoms with E-state index in [0.717, 1.165) is 40.3 Å². The molecule has 2 aliphatic rings. The molecule has 0 spiro atoms. The van der Waals surface area contributed by atoms with E-state index < -0.39 is 11.9 Å². The summed E-state index contributed by atoms with van der Waals surface area (Å²) < 4.78 is 11.7. The van der Waals surface area contributed by atoms with E-state index in [4.69, 9.17) is 9.47 Å². The minimum Gasteiger partial charge on any atom is -0.422 e. The van der Waals surface area contributed by atoms with E-state index in [2.05, 4.69) is 20.1 Å². The van der Waals surface area contributed by atoms with Crippen LogP contribution in [0.5, 0.6) is 11.5 Å². The summed E-state index contributed by atoms with van der Waals surface area (Å²) in [4.78, 5) is 24.6. The van der Waals surface area contributed by atoms with Crippen molar-refractivity contribution in [2.24, 2.45) is 5.92 Å². The molecule has 0 radical (unpaired) electrons. The second-order valence-corrected chi connectivity index (χ2v) is 7.93. The normalized spacial score (nSPS) is 22.0. The van der Waals surface area contributed by atoms with Gasteiger partial charge < -0.3 is 9.47 Å². The Morgan fingerprint density at radius 2 is 1.75 bits per heavy atom. The lowest BCUT2D eigenvalue weighted by Crippen LogP contribution is -2.14. The number of carbonyl (C=O) groups is 2. The van der Waals surface area contributed by atoms with Crippen LogP contribution in [-0.2, 0) is 9.59 Å². The highest BCUT2D eigenvalue weighted by Crippen LogP contribution is 2.64. The lowest BCUT2D eigenvalue weighted by atomic mass is 9.86. The Kier molecular flexibility index (Phi) is 4.37. The van der Waals surface area contributed by atoms with E-state index >= 15 is 0 Å². The van der Waals surface area contributed by atoms with Crippen molar-refractivity contribution in [1.82, 2.24) is 0 Å². The Labute approximate surface area is 164 Å². The van der Waals surface area contributed by atoms with Crippen LogP contribution in [0.4, 0.5) is 0 Å². The second kappa shape index (κ2) is 6.62. The van der Waals surface area contributed by atoms with Gasteiger partial charge in [0.1, 0.15) is 11.5 Å². The van der Waals surface area contributed by atoms with Crippen molar-refractivity contribution in [2.45, 2.75) is 45.4 Å². The summed E-state index contributed by atoms with van der Waals surface area (Å²) in [6, 6.07) is 5.82. The van der Waals surface area contributed by atoms with Gasteiger partial charge in [0.05, 0.1) is 0 Å². The molecule has 2 aliphatic carbocycles. The van der Waals surface area contributed by atoms with Crippen molar-refractivity contribution in [3.8, 4) is 11.5 Å². The summed E-state index contributed by atoms with van der Waals surface area (Å²) in [6.07, 6.45) is 3.27. The van der Waals surface area contributed by atoms with Crippen molar-refractivity contribution >= 4 is 22.7 Å². The van der Waals surface area contributed by atoms with Gasteiger partial charge in [-0.1, -0.05) is 38.3 Å². The zero-order valence-electron chi connectivity index (χ0n) is 16.5. The molecule has 3 unspecified atom stereocenters. The summed E-state index contributed by atoms with van der Waals surface area (Å²) >= 11 is 0. The Hall–Kier alpha value is -2.88. The maximum absolute atomic E-state index is 12.4. The minimum atomic E-state index is -0.478. The molecule has 0 saturated heterocycles. The third kappa shape index (κ3) is 2.59. The highest BCUT2D eigenvalue weighted by Gasteiger charge is 2.48. The van der Waals surface area contributed by atoms with Crippen LogP contribution in [0.2, 0.25) is 0 Å². The molecule has 3 atom stereocenters. The van der Waals surface area contributed by atoms with Crippen molar-refractivity contribution < 1.29 is 19.1 Å². The molecule has 144 valence electrons. The summed E-state index contributed by atoms with van der Waals surface area (Å²) in [7, 11) is 0. The molecule has 2 bridgehead atoms. The first kappa shape index (κ1) is 18.5. The number of rotatable bonds is 4. The van der Waals surface area contributed by atoms with E-state index in [1.165, 1.54) is 6.08 Å². The zero-order chi connectivity index (χ0) is 20.2. The SMILES string of the molecule is C=CC(=O)Oc1c2c(c(OC(=O)C(=C)C)c3cccc(C)c13)C1CCC2C1C. The summed E-state index contributed by atoms with van der Waals surface area (Å²) in [5.41, 5.74) is 3.36. The van der Waals surface area contributed by atoms with Crippen LogP contribution >= 0.6 is 0 Å². The van der Waals surface area contributed by atoms with Gasteiger partial charge in [-0.2, -0.15) is 0 Å². The smallest absolute Gasteiger partial charge is 0.338 e. The van der Waals surface area contributed by atoms with Crippen molar-refractivity contribution in [3.05, 3.63) is 59.7 Å². The molecule has 0 amide bonds. The fourth-order valence-corrected chi connectivity index (χ4v) is 4.94. The monoisotopic (exact) mass is 376 g/mol. The summed E-state index contributed by atoms with van der Waals surface area (Å²) in [6.45, 7) is 13.1. The van der Waals surface area contributed by atoms with Gasteiger partial charge in [0.15, 0.2) is 0 Å². The summed E-state index contributed by atoms with van der Waals surface area (Å²) in [5.74, 6) is 1.28. The van der Waals surface area contributed by atoms with E-state index in [-0.39, 0.29) is 0 Å². The Morgan fingerprint density at radius 1 is 1.11 bits per heavy atom. The number of ether oxygens (including phenoxy) is 2. The van der Waals surface area contributed by atoms with Crippen molar-refractivity contribution in [3.63, 3.8) is 0 Å². The maximum atomic E-state index is 12.4. The van der Waals surface area contributed by atoms with Gasteiger partial charge in [0.2, 0.25) is 0 Å². The number of hydrogen-bond acceptors (Lipinski definition) is 4. The van der Waals surface area contributed by atoms with Gasteiger partial charge in [0.25, 0.3) is 0 Å². The first-order valence-electron chi connectivity index (χ1n) is 9.66. The molecular weight excluding hydrogens is 352 g/mol. The van der Waals surface area contributed by atoms with Crippen molar-refractivity contribution in [2.75, 3.05) is 0 Å². The van der Waals surface area contributed by atoms with Crippen molar-refractivity contribution in [1.29, 1.82) is 0 Å². The number of benzene rings is 2. The average Bonchev–Trinajstić information content (AvgIpc) is 3.16. The quantitative estimate of drug-likeness (QED) is 0.411. The first-order valence-corrected chi connectivity index (χ1v) is 9.66. The highest BCUT2D eigenvalue weighted by molar-refractivity contribution is 6.03. The van der Waals surface area contributed by atoms with Gasteiger partial charge in [0, 0.05) is 33.5 Å². The molecule has 4 nitrogen and oxygen atoms in total. The standard InChI is InChI=1S/C24H24O4/c1-6-18(25)27-23-19-13(4)8-7-9-17(19)22(28-24(26)12(2)3)20-15-10-11-16(14(15)5)21(20)23/h6-9,14-16H,1-2,10-11H2,3-5H3. The van der Waals surface area contributed by atoms with Crippen LogP contribution in [0.3, 0.4) is 0 Å². The maximum Gasteiger partial charge on any atom is 0.338 e. The molecule has 0 aromatic heterocycles. The molecule has 4 heteroatoms.